The van der Waals surface area contributed by atoms with E-state index in [-0.39, 0.29) is 28.8 Å². The van der Waals surface area contributed by atoms with Gasteiger partial charge < -0.3 is 40.1 Å². The Bertz CT molecular complexity index is 776. The third-order valence-electron chi connectivity index (χ3n) is 11.6. The third kappa shape index (κ3) is 3.85. The summed E-state index contributed by atoms with van der Waals surface area (Å²) in [6, 6.07) is 0. The first-order valence-corrected chi connectivity index (χ1v) is 13.8. The van der Waals surface area contributed by atoms with E-state index in [9.17, 15) is 30.6 Å². The molecule has 35 heavy (non-hydrogen) atoms. The van der Waals surface area contributed by atoms with E-state index in [1.165, 1.54) is 0 Å². The number of rotatable bonds is 4. The Hall–Kier alpha value is -0.320. The molecule has 14 atom stereocenters. The van der Waals surface area contributed by atoms with Crippen molar-refractivity contribution in [3.05, 3.63) is 0 Å². The Kier molecular flexibility index (Phi) is 6.88. The van der Waals surface area contributed by atoms with Gasteiger partial charge in [0, 0.05) is 5.41 Å². The van der Waals surface area contributed by atoms with Gasteiger partial charge in [-0.25, -0.2) is 0 Å². The fraction of sp³-hybridized carbons (Fsp3) is 1.00. The van der Waals surface area contributed by atoms with Crippen LogP contribution in [-0.2, 0) is 9.47 Å². The van der Waals surface area contributed by atoms with E-state index >= 15 is 0 Å². The van der Waals surface area contributed by atoms with Gasteiger partial charge in [-0.15, -0.1) is 0 Å². The van der Waals surface area contributed by atoms with Crippen molar-refractivity contribution >= 4 is 0 Å². The van der Waals surface area contributed by atoms with E-state index in [1.807, 2.05) is 6.92 Å². The van der Waals surface area contributed by atoms with Crippen LogP contribution in [0.5, 0.6) is 0 Å². The molecule has 5 rings (SSSR count). The summed E-state index contributed by atoms with van der Waals surface area (Å²) in [6.45, 7) is 6.03. The van der Waals surface area contributed by atoms with E-state index in [1.54, 1.807) is 0 Å². The van der Waals surface area contributed by atoms with E-state index < -0.39 is 49.0 Å². The van der Waals surface area contributed by atoms with E-state index in [0.29, 0.717) is 11.8 Å². The molecule has 0 aromatic carbocycles. The topological polar surface area (TPSA) is 140 Å². The maximum Gasteiger partial charge on any atom is 0.186 e. The van der Waals surface area contributed by atoms with Crippen LogP contribution >= 0.6 is 0 Å². The number of fused-ring (bicyclic) bond motifs is 5. The van der Waals surface area contributed by atoms with Crippen LogP contribution in [0.15, 0.2) is 0 Å². The molecule has 0 bridgehead atoms. The smallest absolute Gasteiger partial charge is 0.186 e. The van der Waals surface area contributed by atoms with Crippen molar-refractivity contribution in [1.82, 2.24) is 0 Å². The number of aliphatic hydroxyl groups is 6. The van der Waals surface area contributed by atoms with Crippen molar-refractivity contribution in [3.8, 4) is 0 Å². The highest BCUT2D eigenvalue weighted by Crippen LogP contribution is 2.69. The van der Waals surface area contributed by atoms with Gasteiger partial charge in [-0.3, -0.25) is 0 Å². The molecular formula is C27H46O8. The van der Waals surface area contributed by atoms with Crippen molar-refractivity contribution in [2.24, 2.45) is 34.5 Å². The zero-order valence-electron chi connectivity index (χ0n) is 21.4. The van der Waals surface area contributed by atoms with Gasteiger partial charge in [0.05, 0.1) is 24.4 Å². The van der Waals surface area contributed by atoms with Crippen LogP contribution in [0.1, 0.15) is 78.6 Å². The minimum atomic E-state index is -1.43. The first-order valence-electron chi connectivity index (χ1n) is 13.8. The van der Waals surface area contributed by atoms with Crippen LogP contribution in [0.2, 0.25) is 0 Å². The quantitative estimate of drug-likeness (QED) is 0.319. The molecule has 0 amide bonds. The molecule has 0 aromatic heterocycles. The van der Waals surface area contributed by atoms with Crippen molar-refractivity contribution in [2.75, 3.05) is 6.61 Å². The van der Waals surface area contributed by atoms with E-state index in [4.69, 9.17) is 9.47 Å². The highest BCUT2D eigenvalue weighted by Gasteiger charge is 2.67. The standard InChI is InChI=1S/C27H46O8/c1-14(29)17-8-11-27(33)19-5-4-15-12-16(6-9-25(15,2)18(19)7-10-26(17,27)3)34-24-23(32)22(31)21(30)20(13-28)35-24/h14-24,28-33H,4-13H2,1-3H3/t14?,15-,16+,17-,18+,19-,20-,21-,22+,23-,24-,25+,26-,27+/m1/s1. The molecule has 5 fully saturated rings. The van der Waals surface area contributed by atoms with Crippen molar-refractivity contribution in [1.29, 1.82) is 0 Å². The number of hydrogen-bond donors (Lipinski definition) is 6. The van der Waals surface area contributed by atoms with Crippen LogP contribution in [-0.4, -0.2) is 85.8 Å². The zero-order chi connectivity index (χ0) is 25.3. The zero-order valence-corrected chi connectivity index (χ0v) is 21.4. The molecule has 0 aromatic rings. The molecule has 0 radical (unpaired) electrons. The first-order chi connectivity index (χ1) is 16.5. The molecule has 1 unspecified atom stereocenters. The van der Waals surface area contributed by atoms with Crippen LogP contribution in [0.25, 0.3) is 0 Å². The number of hydrogen-bond acceptors (Lipinski definition) is 8. The van der Waals surface area contributed by atoms with E-state index in [0.717, 1.165) is 57.8 Å². The molecule has 8 heteroatoms. The molecule has 4 saturated carbocycles. The highest BCUT2D eigenvalue weighted by atomic mass is 16.7. The largest absolute Gasteiger partial charge is 0.394 e. The second-order valence-corrected chi connectivity index (χ2v) is 13.0. The SMILES string of the molecule is CC(O)[C@H]1CC[C@]2(O)[C@@H]3CC[C@@H]4C[C@@H](O[C@@H]5O[C@H](CO)[C@@H](O)[C@H](O)[C@H]5O)CC[C@]4(C)[C@H]3CC[C@]12C. The van der Waals surface area contributed by atoms with Crippen LogP contribution in [0, 0.1) is 34.5 Å². The summed E-state index contributed by atoms with van der Waals surface area (Å²) >= 11 is 0. The summed E-state index contributed by atoms with van der Waals surface area (Å²) in [4.78, 5) is 0. The molecule has 1 saturated heterocycles. The Morgan fingerprint density at radius 2 is 1.66 bits per heavy atom. The highest BCUT2D eigenvalue weighted by molar-refractivity contribution is 5.17. The van der Waals surface area contributed by atoms with Gasteiger partial charge in [0.1, 0.15) is 24.4 Å². The van der Waals surface area contributed by atoms with Crippen LogP contribution in [0.4, 0.5) is 0 Å². The molecule has 8 nitrogen and oxygen atoms in total. The summed E-state index contributed by atoms with van der Waals surface area (Å²) in [5, 5.41) is 62.6. The lowest BCUT2D eigenvalue weighted by atomic mass is 9.43. The van der Waals surface area contributed by atoms with Crippen LogP contribution < -0.4 is 0 Å². The minimum absolute atomic E-state index is 0.109. The second kappa shape index (κ2) is 9.16. The van der Waals surface area contributed by atoms with Gasteiger partial charge in [0.25, 0.3) is 0 Å². The van der Waals surface area contributed by atoms with Gasteiger partial charge in [-0.2, -0.15) is 0 Å². The molecule has 5 aliphatic rings. The lowest BCUT2D eigenvalue weighted by Crippen LogP contribution is -2.63. The van der Waals surface area contributed by atoms with Gasteiger partial charge in [0.15, 0.2) is 6.29 Å². The van der Waals surface area contributed by atoms with Gasteiger partial charge >= 0.3 is 0 Å². The maximum absolute atomic E-state index is 12.1. The Morgan fingerprint density at radius 3 is 2.34 bits per heavy atom. The summed E-state index contributed by atoms with van der Waals surface area (Å²) in [7, 11) is 0. The molecule has 6 N–H and O–H groups in total. The first kappa shape index (κ1) is 26.3. The molecule has 202 valence electrons. The van der Waals surface area contributed by atoms with Gasteiger partial charge in [-0.1, -0.05) is 13.8 Å². The molecule has 1 aliphatic heterocycles. The van der Waals surface area contributed by atoms with E-state index in [2.05, 4.69) is 13.8 Å². The summed E-state index contributed by atoms with van der Waals surface area (Å²) in [5.74, 6) is 1.30. The lowest BCUT2D eigenvalue weighted by Gasteiger charge is -2.64. The Morgan fingerprint density at radius 1 is 0.914 bits per heavy atom. The predicted octanol–water partition coefficient (Wildman–Crippen LogP) is 1.33. The average molecular weight is 499 g/mol. The fourth-order valence-electron chi connectivity index (χ4n) is 9.49. The average Bonchev–Trinajstić information content (AvgIpc) is 3.11. The minimum Gasteiger partial charge on any atom is -0.394 e. The third-order valence-corrected chi connectivity index (χ3v) is 11.6. The Labute approximate surface area is 208 Å². The summed E-state index contributed by atoms with van der Waals surface area (Å²) < 4.78 is 11.7. The van der Waals surface area contributed by atoms with Crippen molar-refractivity contribution < 1.29 is 40.1 Å². The van der Waals surface area contributed by atoms with Gasteiger partial charge in [0.2, 0.25) is 0 Å². The number of ether oxygens (including phenoxy) is 2. The molecule has 0 spiro atoms. The monoisotopic (exact) mass is 498 g/mol. The maximum atomic E-state index is 12.1. The van der Waals surface area contributed by atoms with Crippen LogP contribution in [0.3, 0.4) is 0 Å². The predicted molar refractivity (Wildman–Crippen MR) is 127 cm³/mol. The second-order valence-electron chi connectivity index (χ2n) is 13.0. The fourth-order valence-corrected chi connectivity index (χ4v) is 9.49. The number of aliphatic hydroxyl groups excluding tert-OH is 5. The van der Waals surface area contributed by atoms with Gasteiger partial charge in [-0.05, 0) is 93.8 Å². The van der Waals surface area contributed by atoms with Crippen molar-refractivity contribution in [3.63, 3.8) is 0 Å². The molecule has 4 aliphatic carbocycles. The lowest BCUT2D eigenvalue weighted by molar-refractivity contribution is -0.317. The summed E-state index contributed by atoms with van der Waals surface area (Å²) in [5.41, 5.74) is -0.831. The summed E-state index contributed by atoms with van der Waals surface area (Å²) in [6.07, 6.45) is 1.56. The molecule has 1 heterocycles. The normalized spacial score (nSPS) is 57.2. The van der Waals surface area contributed by atoms with Crippen molar-refractivity contribution in [2.45, 2.75) is 127 Å². The molecular weight excluding hydrogens is 452 g/mol. The Balaban J connectivity index is 1.28.